The lowest BCUT2D eigenvalue weighted by atomic mass is 10.1. The first-order valence-corrected chi connectivity index (χ1v) is 10.7. The smallest absolute Gasteiger partial charge is 0.416 e. The molecule has 4 N–H and O–H groups in total. The van der Waals surface area contributed by atoms with Crippen LogP contribution in [0.15, 0.2) is 54.6 Å². The van der Waals surface area contributed by atoms with Gasteiger partial charge in [-0.25, -0.2) is 0 Å². The fourth-order valence-corrected chi connectivity index (χ4v) is 3.39. The molecular weight excluding hydrogens is 477 g/mol. The quantitative estimate of drug-likeness (QED) is 0.431. The zero-order valence-corrected chi connectivity index (χ0v) is 19.2. The minimum Gasteiger partial charge on any atom is -0.477 e. The number of nitrogens with two attached hydrogens (primary N) is 2. The summed E-state index contributed by atoms with van der Waals surface area (Å²) in [4.78, 5) is 21.7. The first-order chi connectivity index (χ1) is 17.2. The highest BCUT2D eigenvalue weighted by atomic mass is 19.4. The molecule has 0 radical (unpaired) electrons. The number of hydrogen-bond acceptors (Lipinski definition) is 8. The van der Waals surface area contributed by atoms with Crippen LogP contribution in [0.25, 0.3) is 0 Å². The van der Waals surface area contributed by atoms with Crippen LogP contribution in [0, 0.1) is 11.3 Å². The predicted octanol–water partition coefficient (Wildman–Crippen LogP) is 3.56. The molecule has 0 aliphatic carbocycles. The first-order valence-electron chi connectivity index (χ1n) is 10.7. The van der Waals surface area contributed by atoms with Gasteiger partial charge in [-0.3, -0.25) is 4.79 Å². The summed E-state index contributed by atoms with van der Waals surface area (Å²) in [7, 11) is 0. The number of carbonyl (C=O) groups is 1. The molecule has 2 aromatic carbocycles. The van der Waals surface area contributed by atoms with Gasteiger partial charge in [-0.2, -0.15) is 28.4 Å². The number of primary amides is 1. The van der Waals surface area contributed by atoms with Crippen LogP contribution in [0.1, 0.15) is 23.6 Å². The molecule has 1 aromatic heterocycles. The number of nitrogens with zero attached hydrogens (tertiary/aromatic N) is 4. The molecular formula is C24H23F3N6O3. The molecule has 3 aromatic rings. The van der Waals surface area contributed by atoms with Crippen molar-refractivity contribution in [3.8, 4) is 11.9 Å². The van der Waals surface area contributed by atoms with Crippen molar-refractivity contribution in [2.24, 2.45) is 5.73 Å². The Morgan fingerprint density at radius 2 is 1.89 bits per heavy atom. The average Bonchev–Trinajstić information content (AvgIpc) is 2.83. The highest BCUT2D eigenvalue weighted by molar-refractivity contribution is 5.87. The summed E-state index contributed by atoms with van der Waals surface area (Å²) in [5, 5.41) is 9.84. The largest absolute Gasteiger partial charge is 0.477 e. The van der Waals surface area contributed by atoms with Gasteiger partial charge in [0.25, 0.3) is 0 Å². The van der Waals surface area contributed by atoms with Crippen molar-refractivity contribution in [3.05, 3.63) is 71.3 Å². The van der Waals surface area contributed by atoms with E-state index in [1.165, 1.54) is 6.07 Å². The SMILES string of the molecule is CCOc1nc(N)nc(N(c2cccc(C(F)(F)F)c2)[C@@H](COCc2ccccc2)C(N)=O)c1C#N. The van der Waals surface area contributed by atoms with Gasteiger partial charge in [0.2, 0.25) is 17.7 Å². The highest BCUT2D eigenvalue weighted by Crippen LogP contribution is 2.37. The summed E-state index contributed by atoms with van der Waals surface area (Å²) in [6.07, 6.45) is -4.67. The first kappa shape index (κ1) is 26.2. The number of ether oxygens (including phenoxy) is 2. The summed E-state index contributed by atoms with van der Waals surface area (Å²) in [6.45, 7) is 1.53. The van der Waals surface area contributed by atoms with Gasteiger partial charge in [-0.05, 0) is 30.7 Å². The molecule has 0 bridgehead atoms. The molecule has 36 heavy (non-hydrogen) atoms. The van der Waals surface area contributed by atoms with Crippen molar-refractivity contribution in [2.75, 3.05) is 23.8 Å². The average molecular weight is 500 g/mol. The van der Waals surface area contributed by atoms with Crippen LogP contribution in [0.3, 0.4) is 0 Å². The minimum absolute atomic E-state index is 0.0995. The number of halogens is 3. The molecule has 0 saturated heterocycles. The van der Waals surface area contributed by atoms with E-state index >= 15 is 0 Å². The number of benzene rings is 2. The maximum absolute atomic E-state index is 13.5. The van der Waals surface area contributed by atoms with E-state index in [-0.39, 0.29) is 48.7 Å². The van der Waals surface area contributed by atoms with Crippen LogP contribution in [0.2, 0.25) is 0 Å². The number of aromatic nitrogens is 2. The lowest BCUT2D eigenvalue weighted by Gasteiger charge is -2.32. The fourth-order valence-electron chi connectivity index (χ4n) is 3.39. The molecule has 0 aliphatic rings. The van der Waals surface area contributed by atoms with Crippen molar-refractivity contribution in [1.29, 1.82) is 5.26 Å². The van der Waals surface area contributed by atoms with E-state index < -0.39 is 23.7 Å². The summed E-state index contributed by atoms with van der Waals surface area (Å²) in [6, 6.07) is 13.7. The maximum Gasteiger partial charge on any atom is 0.416 e. The molecule has 188 valence electrons. The molecule has 0 unspecified atom stereocenters. The Kier molecular flexibility index (Phi) is 8.29. The van der Waals surface area contributed by atoms with Crippen molar-refractivity contribution >= 4 is 23.4 Å². The molecule has 1 amide bonds. The van der Waals surface area contributed by atoms with Gasteiger partial charge in [-0.15, -0.1) is 0 Å². The van der Waals surface area contributed by atoms with E-state index in [1.807, 2.05) is 12.1 Å². The monoisotopic (exact) mass is 500 g/mol. The van der Waals surface area contributed by atoms with Crippen molar-refractivity contribution in [1.82, 2.24) is 9.97 Å². The third-order valence-electron chi connectivity index (χ3n) is 4.97. The van der Waals surface area contributed by atoms with Gasteiger partial charge >= 0.3 is 6.18 Å². The molecule has 1 heterocycles. The van der Waals surface area contributed by atoms with Crippen LogP contribution < -0.4 is 21.1 Å². The number of rotatable bonds is 10. The topological polar surface area (TPSA) is 140 Å². The number of amides is 1. The van der Waals surface area contributed by atoms with E-state index in [0.717, 1.165) is 28.7 Å². The number of carbonyl (C=O) groups excluding carboxylic acids is 1. The third kappa shape index (κ3) is 6.19. The summed E-state index contributed by atoms with van der Waals surface area (Å²) < 4.78 is 51.6. The van der Waals surface area contributed by atoms with Crippen molar-refractivity contribution in [2.45, 2.75) is 25.7 Å². The van der Waals surface area contributed by atoms with Gasteiger partial charge in [-0.1, -0.05) is 36.4 Å². The number of alkyl halides is 3. The second-order valence-corrected chi connectivity index (χ2v) is 7.47. The van der Waals surface area contributed by atoms with Gasteiger partial charge in [0, 0.05) is 5.69 Å². The number of nitrogen functional groups attached to an aromatic ring is 1. The van der Waals surface area contributed by atoms with Gasteiger partial charge in [0.1, 0.15) is 12.1 Å². The molecule has 0 aliphatic heterocycles. The highest BCUT2D eigenvalue weighted by Gasteiger charge is 2.35. The van der Waals surface area contributed by atoms with Crippen LogP contribution in [0.5, 0.6) is 5.88 Å². The molecule has 9 nitrogen and oxygen atoms in total. The van der Waals surface area contributed by atoms with Crippen LogP contribution in [-0.4, -0.2) is 35.1 Å². The lowest BCUT2D eigenvalue weighted by molar-refractivity contribution is -0.137. The number of hydrogen-bond donors (Lipinski definition) is 2. The van der Waals surface area contributed by atoms with E-state index in [2.05, 4.69) is 9.97 Å². The zero-order valence-electron chi connectivity index (χ0n) is 19.2. The molecule has 1 atom stereocenters. The van der Waals surface area contributed by atoms with Crippen molar-refractivity contribution < 1.29 is 27.4 Å². The van der Waals surface area contributed by atoms with Crippen LogP contribution >= 0.6 is 0 Å². The normalized spacial score (nSPS) is 12.0. The second-order valence-electron chi connectivity index (χ2n) is 7.47. The molecule has 0 saturated carbocycles. The van der Waals surface area contributed by atoms with E-state index in [9.17, 15) is 23.2 Å². The molecule has 3 rings (SSSR count). The Balaban J connectivity index is 2.14. The fraction of sp³-hybridized carbons (Fsp3) is 0.250. The van der Waals surface area contributed by atoms with E-state index in [1.54, 1.807) is 31.2 Å². The number of anilines is 3. The standard InChI is InChI=1S/C24H23F3N6O3/c1-2-36-22-18(12-28)21(31-23(30)32-22)33(17-10-6-9-16(11-17)24(25,26)27)19(20(29)34)14-35-13-15-7-4-3-5-8-15/h3-11,19H,2,13-14H2,1H3,(H2,29,34)(H2,30,31,32)/t19-/m0/s1. The molecule has 12 heteroatoms. The van der Waals surface area contributed by atoms with Gasteiger partial charge in [0.05, 0.1) is 25.4 Å². The Bertz CT molecular complexity index is 1250. The zero-order chi connectivity index (χ0) is 26.3. The summed E-state index contributed by atoms with van der Waals surface area (Å²) in [5.74, 6) is -1.69. The van der Waals surface area contributed by atoms with Crippen LogP contribution in [-0.2, 0) is 22.3 Å². The van der Waals surface area contributed by atoms with E-state index in [4.69, 9.17) is 20.9 Å². The minimum atomic E-state index is -4.67. The molecule has 0 spiro atoms. The third-order valence-corrected chi connectivity index (χ3v) is 4.97. The predicted molar refractivity (Wildman–Crippen MR) is 125 cm³/mol. The van der Waals surface area contributed by atoms with Crippen LogP contribution in [0.4, 0.5) is 30.6 Å². The van der Waals surface area contributed by atoms with E-state index in [0.29, 0.717) is 0 Å². The lowest BCUT2D eigenvalue weighted by Crippen LogP contribution is -2.46. The Hall–Kier alpha value is -4.37. The van der Waals surface area contributed by atoms with Crippen molar-refractivity contribution in [3.63, 3.8) is 0 Å². The maximum atomic E-state index is 13.5. The Labute approximate surface area is 205 Å². The molecule has 0 fully saturated rings. The van der Waals surface area contributed by atoms with Gasteiger partial charge < -0.3 is 25.8 Å². The van der Waals surface area contributed by atoms with Gasteiger partial charge in [0.15, 0.2) is 11.4 Å². The Morgan fingerprint density at radius 3 is 2.50 bits per heavy atom. The Morgan fingerprint density at radius 1 is 1.17 bits per heavy atom. The summed E-state index contributed by atoms with van der Waals surface area (Å²) in [5.41, 5.74) is 10.9. The summed E-state index contributed by atoms with van der Waals surface area (Å²) >= 11 is 0. The second kappa shape index (κ2) is 11.4. The number of nitriles is 1.